The summed E-state index contributed by atoms with van der Waals surface area (Å²) in [6, 6.07) is 27.7. The van der Waals surface area contributed by atoms with E-state index in [0.717, 1.165) is 21.7 Å². The Balaban J connectivity index is 1.25. The van der Waals surface area contributed by atoms with E-state index in [1.54, 1.807) is 54.4 Å². The van der Waals surface area contributed by atoms with Crippen LogP contribution in [0, 0.1) is 5.92 Å². The third-order valence-corrected chi connectivity index (χ3v) is 8.41. The van der Waals surface area contributed by atoms with E-state index in [2.05, 4.69) is 11.9 Å². The second-order valence-electron chi connectivity index (χ2n) is 9.88. The van der Waals surface area contributed by atoms with Gasteiger partial charge >= 0.3 is 0 Å². The van der Waals surface area contributed by atoms with E-state index >= 15 is 0 Å². The molecule has 0 radical (unpaired) electrons. The summed E-state index contributed by atoms with van der Waals surface area (Å²) < 4.78 is 13.0. The SMILES string of the molecule is C[C@H]1[C@@H](CSc2ccccn2)O[C@@H](c2ccc(N3C(=O)c4ccccc4C3=O)cc2)O[C@H]1c1ccc(CO)cc1. The first kappa shape index (κ1) is 26.4. The molecule has 7 nitrogen and oxygen atoms in total. The maximum Gasteiger partial charge on any atom is 0.266 e. The standard InChI is InChI=1S/C32H28N2O5S/c1-20-27(19-40-28-8-4-5-17-33-28)38-32(39-29(20)22-11-9-21(18-35)10-12-22)23-13-15-24(16-14-23)34-30(36)25-6-2-3-7-26(25)31(34)37/h2-17,20,27,29,32,35H,18-19H2,1H3/t20-,27+,29+,32+/m0/s1. The fourth-order valence-corrected chi connectivity index (χ4v) is 6.14. The number of aromatic nitrogens is 1. The number of hydrogen-bond donors (Lipinski definition) is 1. The van der Waals surface area contributed by atoms with E-state index in [0.29, 0.717) is 22.6 Å². The summed E-state index contributed by atoms with van der Waals surface area (Å²) >= 11 is 1.64. The van der Waals surface area contributed by atoms with Gasteiger partial charge in [-0.25, -0.2) is 9.88 Å². The van der Waals surface area contributed by atoms with Crippen LogP contribution in [-0.4, -0.2) is 33.8 Å². The Morgan fingerprint density at radius 2 is 1.48 bits per heavy atom. The van der Waals surface area contributed by atoms with Gasteiger partial charge in [0.25, 0.3) is 11.8 Å². The molecule has 0 unspecified atom stereocenters. The number of imide groups is 1. The molecule has 8 heteroatoms. The largest absolute Gasteiger partial charge is 0.392 e. The van der Waals surface area contributed by atoms with E-state index in [1.807, 2.05) is 54.6 Å². The monoisotopic (exact) mass is 552 g/mol. The molecule has 0 aliphatic carbocycles. The van der Waals surface area contributed by atoms with Gasteiger partial charge in [0.1, 0.15) is 0 Å². The number of aliphatic hydroxyl groups excluding tert-OH is 1. The van der Waals surface area contributed by atoms with Crippen molar-refractivity contribution in [3.05, 3.63) is 125 Å². The van der Waals surface area contributed by atoms with Crippen LogP contribution in [0.4, 0.5) is 5.69 Å². The molecular weight excluding hydrogens is 524 g/mol. The zero-order valence-electron chi connectivity index (χ0n) is 21.8. The van der Waals surface area contributed by atoms with Crippen LogP contribution in [0.2, 0.25) is 0 Å². The van der Waals surface area contributed by atoms with Crippen molar-refractivity contribution in [3.63, 3.8) is 0 Å². The number of nitrogens with zero attached hydrogens (tertiary/aromatic N) is 2. The lowest BCUT2D eigenvalue weighted by molar-refractivity contribution is -0.268. The number of thioether (sulfide) groups is 1. The number of pyridine rings is 1. The summed E-state index contributed by atoms with van der Waals surface area (Å²) in [6.07, 6.45) is 0.756. The summed E-state index contributed by atoms with van der Waals surface area (Å²) in [6.45, 7) is 2.10. The third-order valence-electron chi connectivity index (χ3n) is 7.37. The highest BCUT2D eigenvalue weighted by molar-refractivity contribution is 7.99. The molecule has 202 valence electrons. The molecule has 0 spiro atoms. The van der Waals surface area contributed by atoms with Gasteiger partial charge in [-0.1, -0.05) is 61.5 Å². The summed E-state index contributed by atoms with van der Waals surface area (Å²) in [7, 11) is 0. The molecule has 3 heterocycles. The van der Waals surface area contributed by atoms with Gasteiger partial charge in [0, 0.05) is 23.4 Å². The Bertz CT molecular complexity index is 1480. The zero-order valence-corrected chi connectivity index (χ0v) is 22.7. The van der Waals surface area contributed by atoms with Crippen molar-refractivity contribution in [3.8, 4) is 0 Å². The predicted octanol–water partition coefficient (Wildman–Crippen LogP) is 5.96. The third kappa shape index (κ3) is 5.07. The van der Waals surface area contributed by atoms with Crippen LogP contribution in [-0.2, 0) is 16.1 Å². The number of rotatable bonds is 7. The fraction of sp³-hybridized carbons (Fsp3) is 0.219. The van der Waals surface area contributed by atoms with Crippen LogP contribution >= 0.6 is 11.8 Å². The molecule has 1 aromatic heterocycles. The number of hydrogen-bond acceptors (Lipinski definition) is 7. The van der Waals surface area contributed by atoms with Crippen molar-refractivity contribution >= 4 is 29.3 Å². The average molecular weight is 553 g/mol. The van der Waals surface area contributed by atoms with Crippen LogP contribution < -0.4 is 4.90 Å². The first-order valence-corrected chi connectivity index (χ1v) is 14.1. The van der Waals surface area contributed by atoms with Crippen molar-refractivity contribution in [1.82, 2.24) is 4.98 Å². The summed E-state index contributed by atoms with van der Waals surface area (Å²) in [5.74, 6) is 0.0804. The lowest BCUT2D eigenvalue weighted by atomic mass is 9.91. The summed E-state index contributed by atoms with van der Waals surface area (Å²) in [5, 5.41) is 10.4. The lowest BCUT2D eigenvalue weighted by Crippen LogP contribution is -2.38. The number of anilines is 1. The van der Waals surface area contributed by atoms with Crippen LogP contribution in [0.5, 0.6) is 0 Å². The summed E-state index contributed by atoms with van der Waals surface area (Å²) in [5.41, 5.74) is 3.95. The molecule has 6 rings (SSSR count). The van der Waals surface area contributed by atoms with Crippen LogP contribution in [0.1, 0.15) is 56.7 Å². The maximum atomic E-state index is 12.9. The van der Waals surface area contributed by atoms with Gasteiger partial charge in [-0.05, 0) is 47.5 Å². The molecule has 1 fully saturated rings. The second kappa shape index (κ2) is 11.3. The number of carbonyl (C=O) groups is 2. The number of carbonyl (C=O) groups excluding carboxylic acids is 2. The molecule has 0 bridgehead atoms. The van der Waals surface area contributed by atoms with Gasteiger partial charge in [-0.3, -0.25) is 9.59 Å². The van der Waals surface area contributed by atoms with E-state index < -0.39 is 6.29 Å². The highest BCUT2D eigenvalue weighted by Gasteiger charge is 2.39. The fourth-order valence-electron chi connectivity index (χ4n) is 5.11. The molecule has 1 saturated heterocycles. The molecule has 4 aromatic rings. The van der Waals surface area contributed by atoms with Crippen LogP contribution in [0.15, 0.2) is 102 Å². The Kier molecular flexibility index (Phi) is 7.49. The molecule has 40 heavy (non-hydrogen) atoms. The van der Waals surface area contributed by atoms with Crippen molar-refractivity contribution in [2.24, 2.45) is 5.92 Å². The van der Waals surface area contributed by atoms with Crippen molar-refractivity contribution in [1.29, 1.82) is 0 Å². The van der Waals surface area contributed by atoms with E-state index in [4.69, 9.17) is 9.47 Å². The number of benzene rings is 3. The van der Waals surface area contributed by atoms with Gasteiger partial charge in [-0.2, -0.15) is 0 Å². The summed E-state index contributed by atoms with van der Waals surface area (Å²) in [4.78, 5) is 31.5. The van der Waals surface area contributed by atoms with Crippen LogP contribution in [0.3, 0.4) is 0 Å². The maximum absolute atomic E-state index is 12.9. The first-order chi connectivity index (χ1) is 19.5. The van der Waals surface area contributed by atoms with Crippen molar-refractivity contribution < 1.29 is 24.2 Å². The Hall–Kier alpha value is -3.82. The van der Waals surface area contributed by atoms with Gasteiger partial charge in [0.15, 0.2) is 6.29 Å². The first-order valence-electron chi connectivity index (χ1n) is 13.2. The molecular formula is C32H28N2O5S. The van der Waals surface area contributed by atoms with Gasteiger partial charge in [0.2, 0.25) is 0 Å². The lowest BCUT2D eigenvalue weighted by Gasteiger charge is -2.41. The Morgan fingerprint density at radius 1 is 0.825 bits per heavy atom. The van der Waals surface area contributed by atoms with E-state index in [1.165, 1.54) is 4.90 Å². The zero-order chi connectivity index (χ0) is 27.6. The Labute approximate surface area is 236 Å². The molecule has 4 atom stereocenters. The minimum absolute atomic E-state index is 0.0180. The second-order valence-corrected chi connectivity index (χ2v) is 10.9. The van der Waals surface area contributed by atoms with Gasteiger partial charge < -0.3 is 14.6 Å². The van der Waals surface area contributed by atoms with Crippen LogP contribution in [0.25, 0.3) is 0 Å². The number of fused-ring (bicyclic) bond motifs is 1. The minimum Gasteiger partial charge on any atom is -0.392 e. The molecule has 2 amide bonds. The highest BCUT2D eigenvalue weighted by Crippen LogP contribution is 2.43. The smallest absolute Gasteiger partial charge is 0.266 e. The van der Waals surface area contributed by atoms with E-state index in [9.17, 15) is 14.7 Å². The van der Waals surface area contributed by atoms with E-state index in [-0.39, 0.29) is 36.5 Å². The topological polar surface area (TPSA) is 89.0 Å². The van der Waals surface area contributed by atoms with Crippen molar-refractivity contribution in [2.75, 3.05) is 10.7 Å². The van der Waals surface area contributed by atoms with Gasteiger partial charge in [0.05, 0.1) is 40.7 Å². The number of aliphatic hydroxyl groups is 1. The number of ether oxygens (including phenoxy) is 2. The quantitative estimate of drug-likeness (QED) is 0.224. The Morgan fingerprint density at radius 3 is 2.10 bits per heavy atom. The highest BCUT2D eigenvalue weighted by atomic mass is 32.2. The number of amides is 2. The normalized spacial score (nSPS) is 22.4. The average Bonchev–Trinajstić information content (AvgIpc) is 3.26. The molecule has 0 saturated carbocycles. The molecule has 2 aliphatic heterocycles. The molecule has 3 aromatic carbocycles. The molecule has 1 N–H and O–H groups in total. The van der Waals surface area contributed by atoms with Gasteiger partial charge in [-0.15, -0.1) is 11.8 Å². The molecule has 2 aliphatic rings. The minimum atomic E-state index is -0.649. The predicted molar refractivity (Wildman–Crippen MR) is 152 cm³/mol. The van der Waals surface area contributed by atoms with Crippen molar-refractivity contribution in [2.45, 2.75) is 37.1 Å².